The van der Waals surface area contributed by atoms with Crippen molar-refractivity contribution in [3.63, 3.8) is 0 Å². The summed E-state index contributed by atoms with van der Waals surface area (Å²) in [6.45, 7) is 0. The van der Waals surface area contributed by atoms with Crippen LogP contribution in [0.5, 0.6) is 0 Å². The Morgan fingerprint density at radius 1 is 1.73 bits per heavy atom. The fourth-order valence-corrected chi connectivity index (χ4v) is 0.693. The number of hydrogen-bond donors (Lipinski definition) is 0. The number of ether oxygens (including phenoxy) is 1. The van der Waals surface area contributed by atoms with Crippen molar-refractivity contribution in [1.82, 2.24) is 4.98 Å². The van der Waals surface area contributed by atoms with Gasteiger partial charge in [0, 0.05) is 6.20 Å². The lowest BCUT2D eigenvalue weighted by molar-refractivity contribution is 0.0600. The van der Waals surface area contributed by atoms with Crippen molar-refractivity contribution in [3.05, 3.63) is 23.9 Å². The van der Waals surface area contributed by atoms with E-state index in [-0.39, 0.29) is 0 Å². The summed E-state index contributed by atoms with van der Waals surface area (Å²) in [5, 5.41) is 0. The predicted molar refractivity (Wildman–Crippen MR) is 41.0 cm³/mol. The van der Waals surface area contributed by atoms with Crippen LogP contribution >= 0.6 is 0 Å². The lowest BCUT2D eigenvalue weighted by atomic mass is 10.0. The summed E-state index contributed by atoms with van der Waals surface area (Å²) in [7, 11) is 6.65. The maximum atomic E-state index is 10.9. The standard InChI is InChI=1S/C7H6BNO2/c1-11-7(10)5-2-3-9-6(8)4-5/h2-4H,1H3. The Morgan fingerprint density at radius 3 is 3.00 bits per heavy atom. The number of rotatable bonds is 1. The first-order valence-electron chi connectivity index (χ1n) is 3.04. The summed E-state index contributed by atoms with van der Waals surface area (Å²) in [5.41, 5.74) is 0.730. The number of carbonyl (C=O) groups excluding carboxylic acids is 1. The number of aromatic nitrogens is 1. The zero-order valence-electron chi connectivity index (χ0n) is 6.07. The second-order valence-electron chi connectivity index (χ2n) is 1.96. The molecule has 1 heterocycles. The van der Waals surface area contributed by atoms with Crippen molar-refractivity contribution in [3.8, 4) is 0 Å². The predicted octanol–water partition coefficient (Wildman–Crippen LogP) is -0.338. The third kappa shape index (κ3) is 1.80. The highest BCUT2D eigenvalue weighted by molar-refractivity contribution is 6.30. The molecule has 0 aliphatic heterocycles. The monoisotopic (exact) mass is 147 g/mol. The minimum Gasteiger partial charge on any atom is -0.465 e. The average Bonchev–Trinajstić information content (AvgIpc) is 2.03. The molecule has 4 heteroatoms. The Bertz CT molecular complexity index is 275. The molecule has 0 fully saturated rings. The Kier molecular flexibility index (Phi) is 2.26. The van der Waals surface area contributed by atoms with Gasteiger partial charge in [-0.25, -0.2) is 4.79 Å². The fourth-order valence-electron chi connectivity index (χ4n) is 0.693. The highest BCUT2D eigenvalue weighted by Crippen LogP contribution is 1.95. The molecule has 0 aromatic carbocycles. The first-order chi connectivity index (χ1) is 5.24. The van der Waals surface area contributed by atoms with Crippen LogP contribution in [0.15, 0.2) is 18.3 Å². The molecule has 11 heavy (non-hydrogen) atoms. The number of pyridine rings is 1. The van der Waals surface area contributed by atoms with Crippen molar-refractivity contribution in [1.29, 1.82) is 0 Å². The molecular formula is C7H6BNO2. The van der Waals surface area contributed by atoms with Crippen LogP contribution in [0.3, 0.4) is 0 Å². The summed E-state index contributed by atoms with van der Waals surface area (Å²) in [4.78, 5) is 14.6. The van der Waals surface area contributed by atoms with Crippen LogP contribution in [0.1, 0.15) is 10.4 Å². The van der Waals surface area contributed by atoms with E-state index in [0.717, 1.165) is 0 Å². The van der Waals surface area contributed by atoms with Crippen molar-refractivity contribution >= 4 is 19.4 Å². The van der Waals surface area contributed by atoms with Gasteiger partial charge in [0.15, 0.2) is 0 Å². The molecule has 2 radical (unpaired) electrons. The minimum atomic E-state index is -0.404. The first-order valence-corrected chi connectivity index (χ1v) is 3.04. The third-order valence-electron chi connectivity index (χ3n) is 1.20. The van der Waals surface area contributed by atoms with Crippen LogP contribution in [-0.4, -0.2) is 25.9 Å². The van der Waals surface area contributed by atoms with E-state index in [9.17, 15) is 4.79 Å². The number of carbonyl (C=O) groups is 1. The highest BCUT2D eigenvalue weighted by Gasteiger charge is 2.03. The molecule has 0 saturated heterocycles. The molecule has 0 bridgehead atoms. The van der Waals surface area contributed by atoms with Crippen LogP contribution in [0.25, 0.3) is 0 Å². The van der Waals surface area contributed by atoms with Gasteiger partial charge in [-0.1, -0.05) is 0 Å². The molecule has 0 spiro atoms. The van der Waals surface area contributed by atoms with E-state index in [1.165, 1.54) is 19.4 Å². The zero-order chi connectivity index (χ0) is 8.27. The summed E-state index contributed by atoms with van der Waals surface area (Å²) >= 11 is 0. The van der Waals surface area contributed by atoms with Gasteiger partial charge in [0.25, 0.3) is 0 Å². The van der Waals surface area contributed by atoms with Gasteiger partial charge in [-0.05, 0) is 17.7 Å². The smallest absolute Gasteiger partial charge is 0.337 e. The van der Waals surface area contributed by atoms with Crippen molar-refractivity contribution < 1.29 is 9.53 Å². The van der Waals surface area contributed by atoms with Gasteiger partial charge in [0.05, 0.1) is 12.7 Å². The quantitative estimate of drug-likeness (QED) is 0.403. The maximum Gasteiger partial charge on any atom is 0.337 e. The molecule has 0 saturated carbocycles. The van der Waals surface area contributed by atoms with Gasteiger partial charge in [0.1, 0.15) is 7.85 Å². The number of hydrogen-bond acceptors (Lipinski definition) is 3. The van der Waals surface area contributed by atoms with Gasteiger partial charge in [-0.15, -0.1) is 0 Å². The molecule has 0 N–H and O–H groups in total. The largest absolute Gasteiger partial charge is 0.465 e. The minimum absolute atomic E-state index is 0.313. The molecular weight excluding hydrogens is 141 g/mol. The Labute approximate surface area is 65.8 Å². The Balaban J connectivity index is 2.96. The van der Waals surface area contributed by atoms with Gasteiger partial charge < -0.3 is 4.74 Å². The van der Waals surface area contributed by atoms with Gasteiger partial charge in [0.2, 0.25) is 0 Å². The molecule has 0 amide bonds. The van der Waals surface area contributed by atoms with E-state index < -0.39 is 5.97 Å². The van der Waals surface area contributed by atoms with E-state index in [1.807, 2.05) is 0 Å². The van der Waals surface area contributed by atoms with E-state index >= 15 is 0 Å². The van der Waals surface area contributed by atoms with E-state index in [0.29, 0.717) is 11.2 Å². The van der Waals surface area contributed by atoms with E-state index in [1.54, 1.807) is 6.07 Å². The summed E-state index contributed by atoms with van der Waals surface area (Å²) < 4.78 is 4.47. The van der Waals surface area contributed by atoms with Crippen molar-refractivity contribution in [2.45, 2.75) is 0 Å². The molecule has 1 aromatic rings. The highest BCUT2D eigenvalue weighted by atomic mass is 16.5. The molecule has 0 aliphatic rings. The van der Waals surface area contributed by atoms with Gasteiger partial charge in [-0.3, -0.25) is 4.98 Å². The van der Waals surface area contributed by atoms with Crippen molar-refractivity contribution in [2.75, 3.05) is 7.11 Å². The maximum absolute atomic E-state index is 10.9. The number of esters is 1. The zero-order valence-corrected chi connectivity index (χ0v) is 6.07. The molecule has 0 unspecified atom stereocenters. The summed E-state index contributed by atoms with van der Waals surface area (Å²) in [5.74, 6) is -0.404. The second kappa shape index (κ2) is 3.19. The van der Waals surface area contributed by atoms with Crippen molar-refractivity contribution in [2.24, 2.45) is 0 Å². The van der Waals surface area contributed by atoms with Crippen LogP contribution < -0.4 is 5.59 Å². The summed E-state index contributed by atoms with van der Waals surface area (Å²) in [6, 6.07) is 3.01. The number of nitrogens with zero attached hydrogens (tertiary/aromatic N) is 1. The van der Waals surface area contributed by atoms with Crippen LogP contribution in [0.4, 0.5) is 0 Å². The third-order valence-corrected chi connectivity index (χ3v) is 1.20. The normalized spacial score (nSPS) is 9.18. The van der Waals surface area contributed by atoms with Crippen LogP contribution in [-0.2, 0) is 4.74 Å². The lowest BCUT2D eigenvalue weighted by Crippen LogP contribution is -2.11. The SMILES string of the molecule is [B]c1cc(C(=O)OC)ccn1. The number of methoxy groups -OCH3 is 1. The topological polar surface area (TPSA) is 39.2 Å². The lowest BCUT2D eigenvalue weighted by Gasteiger charge is -1.98. The fraction of sp³-hybridized carbons (Fsp3) is 0.143. The Hall–Kier alpha value is -1.32. The van der Waals surface area contributed by atoms with Crippen LogP contribution in [0, 0.1) is 0 Å². The summed E-state index contributed by atoms with van der Waals surface area (Å²) in [6.07, 6.45) is 1.46. The molecule has 1 aromatic heterocycles. The van der Waals surface area contributed by atoms with Gasteiger partial charge in [-0.2, -0.15) is 0 Å². The average molecular weight is 147 g/mol. The second-order valence-corrected chi connectivity index (χ2v) is 1.96. The molecule has 54 valence electrons. The molecule has 1 rings (SSSR count). The first kappa shape index (κ1) is 7.79. The van der Waals surface area contributed by atoms with E-state index in [2.05, 4.69) is 9.72 Å². The molecule has 0 aliphatic carbocycles. The Morgan fingerprint density at radius 2 is 2.45 bits per heavy atom. The molecule has 0 atom stereocenters. The molecule has 3 nitrogen and oxygen atoms in total. The van der Waals surface area contributed by atoms with Gasteiger partial charge >= 0.3 is 5.97 Å². The van der Waals surface area contributed by atoms with E-state index in [4.69, 9.17) is 7.85 Å². The van der Waals surface area contributed by atoms with Crippen LogP contribution in [0.2, 0.25) is 0 Å².